The molecule has 2 rings (SSSR count). The second kappa shape index (κ2) is 10.2. The van der Waals surface area contributed by atoms with Gasteiger partial charge >= 0.3 is 0 Å². The SMILES string of the molecule is CCNC(=O)c1cccc(CNC(=NC)NC2CCC(C(C)C)CC2)c1. The lowest BCUT2D eigenvalue weighted by molar-refractivity contribution is 0.0955. The lowest BCUT2D eigenvalue weighted by Gasteiger charge is -2.32. The van der Waals surface area contributed by atoms with Crippen molar-refractivity contribution < 1.29 is 4.79 Å². The van der Waals surface area contributed by atoms with E-state index in [1.165, 1.54) is 25.7 Å². The van der Waals surface area contributed by atoms with Gasteiger partial charge in [0, 0.05) is 31.7 Å². The second-order valence-electron chi connectivity index (χ2n) is 7.49. The van der Waals surface area contributed by atoms with E-state index in [4.69, 9.17) is 0 Å². The Morgan fingerprint density at radius 2 is 1.92 bits per heavy atom. The summed E-state index contributed by atoms with van der Waals surface area (Å²) in [5.41, 5.74) is 1.77. The van der Waals surface area contributed by atoms with Crippen LogP contribution in [-0.2, 0) is 6.54 Å². The van der Waals surface area contributed by atoms with Crippen molar-refractivity contribution in [3.05, 3.63) is 35.4 Å². The molecule has 0 radical (unpaired) electrons. The molecule has 0 saturated heterocycles. The lowest BCUT2D eigenvalue weighted by atomic mass is 9.80. The number of rotatable bonds is 6. The van der Waals surface area contributed by atoms with Crippen LogP contribution >= 0.6 is 0 Å². The van der Waals surface area contributed by atoms with Gasteiger partial charge in [-0.25, -0.2) is 0 Å². The molecule has 1 fully saturated rings. The predicted molar refractivity (Wildman–Crippen MR) is 108 cm³/mol. The Morgan fingerprint density at radius 3 is 2.54 bits per heavy atom. The van der Waals surface area contributed by atoms with Crippen LogP contribution in [0, 0.1) is 11.8 Å². The number of nitrogens with zero attached hydrogens (tertiary/aromatic N) is 1. The van der Waals surface area contributed by atoms with Gasteiger partial charge in [-0.15, -0.1) is 0 Å². The van der Waals surface area contributed by atoms with Crippen molar-refractivity contribution >= 4 is 11.9 Å². The highest BCUT2D eigenvalue weighted by Crippen LogP contribution is 2.29. The topological polar surface area (TPSA) is 65.5 Å². The highest BCUT2D eigenvalue weighted by molar-refractivity contribution is 5.94. The van der Waals surface area contributed by atoms with Gasteiger partial charge in [0.25, 0.3) is 5.91 Å². The summed E-state index contributed by atoms with van der Waals surface area (Å²) in [5.74, 6) is 2.45. The molecule has 1 aliphatic carbocycles. The van der Waals surface area contributed by atoms with Crippen LogP contribution < -0.4 is 16.0 Å². The highest BCUT2D eigenvalue weighted by atomic mass is 16.1. The minimum atomic E-state index is -0.0289. The number of aliphatic imine (C=N–C) groups is 1. The van der Waals surface area contributed by atoms with E-state index in [-0.39, 0.29) is 5.91 Å². The third kappa shape index (κ3) is 6.04. The lowest BCUT2D eigenvalue weighted by Crippen LogP contribution is -2.44. The van der Waals surface area contributed by atoms with Crippen molar-refractivity contribution in [1.29, 1.82) is 0 Å². The molecule has 1 aliphatic rings. The number of guanidine groups is 1. The Kier molecular flexibility index (Phi) is 7.95. The van der Waals surface area contributed by atoms with Crippen molar-refractivity contribution in [3.63, 3.8) is 0 Å². The summed E-state index contributed by atoms with van der Waals surface area (Å²) >= 11 is 0. The van der Waals surface area contributed by atoms with Gasteiger partial charge in [-0.3, -0.25) is 9.79 Å². The van der Waals surface area contributed by atoms with Crippen LogP contribution in [0.4, 0.5) is 0 Å². The van der Waals surface area contributed by atoms with Gasteiger partial charge in [-0.1, -0.05) is 26.0 Å². The van der Waals surface area contributed by atoms with E-state index < -0.39 is 0 Å². The van der Waals surface area contributed by atoms with Gasteiger partial charge < -0.3 is 16.0 Å². The van der Waals surface area contributed by atoms with Gasteiger partial charge in [-0.2, -0.15) is 0 Å². The van der Waals surface area contributed by atoms with E-state index in [0.29, 0.717) is 24.7 Å². The van der Waals surface area contributed by atoms with E-state index in [2.05, 4.69) is 34.8 Å². The Hall–Kier alpha value is -2.04. The van der Waals surface area contributed by atoms with Crippen LogP contribution in [0.1, 0.15) is 62.4 Å². The molecule has 144 valence electrons. The maximum absolute atomic E-state index is 12.0. The number of carbonyl (C=O) groups excluding carboxylic acids is 1. The van der Waals surface area contributed by atoms with Crippen molar-refractivity contribution in [2.45, 2.75) is 59.0 Å². The third-order valence-electron chi connectivity index (χ3n) is 5.27. The summed E-state index contributed by atoms with van der Waals surface area (Å²) in [6.07, 6.45) is 4.99. The first-order valence-corrected chi connectivity index (χ1v) is 9.87. The van der Waals surface area contributed by atoms with Gasteiger partial charge in [0.15, 0.2) is 5.96 Å². The first-order valence-electron chi connectivity index (χ1n) is 9.87. The Balaban J connectivity index is 1.84. The fourth-order valence-electron chi connectivity index (χ4n) is 3.59. The molecule has 3 N–H and O–H groups in total. The van der Waals surface area contributed by atoms with Gasteiger partial charge in [0.05, 0.1) is 0 Å². The van der Waals surface area contributed by atoms with Crippen LogP contribution in [0.15, 0.2) is 29.3 Å². The third-order valence-corrected chi connectivity index (χ3v) is 5.27. The molecule has 5 heteroatoms. The molecule has 0 aliphatic heterocycles. The van der Waals surface area contributed by atoms with Gasteiger partial charge in [-0.05, 0) is 62.1 Å². The molecule has 0 unspecified atom stereocenters. The molecular formula is C21H34N4O. The van der Waals surface area contributed by atoms with E-state index in [0.717, 1.165) is 23.4 Å². The molecule has 1 saturated carbocycles. The number of hydrogen-bond donors (Lipinski definition) is 3. The first-order chi connectivity index (χ1) is 12.5. The quantitative estimate of drug-likeness (QED) is 0.540. The molecule has 5 nitrogen and oxygen atoms in total. The zero-order chi connectivity index (χ0) is 18.9. The van der Waals surface area contributed by atoms with Crippen molar-refractivity contribution in [2.75, 3.05) is 13.6 Å². The monoisotopic (exact) mass is 358 g/mol. The molecular weight excluding hydrogens is 324 g/mol. The number of amides is 1. The number of benzene rings is 1. The average Bonchev–Trinajstić information content (AvgIpc) is 2.66. The highest BCUT2D eigenvalue weighted by Gasteiger charge is 2.23. The molecule has 0 heterocycles. The van der Waals surface area contributed by atoms with Crippen LogP contribution in [-0.4, -0.2) is 31.5 Å². The second-order valence-corrected chi connectivity index (χ2v) is 7.49. The standard InChI is InChI=1S/C21H34N4O/c1-5-23-20(26)18-8-6-7-16(13-18)14-24-21(22-4)25-19-11-9-17(10-12-19)15(2)3/h6-8,13,15,17,19H,5,9-12,14H2,1-4H3,(H,23,26)(H2,22,24,25). The first kappa shape index (κ1) is 20.3. The molecule has 0 aromatic heterocycles. The summed E-state index contributed by atoms with van der Waals surface area (Å²) in [5, 5.41) is 9.76. The zero-order valence-electron chi connectivity index (χ0n) is 16.6. The molecule has 1 amide bonds. The van der Waals surface area contributed by atoms with Crippen LogP contribution in [0.25, 0.3) is 0 Å². The average molecular weight is 359 g/mol. The van der Waals surface area contributed by atoms with Crippen LogP contribution in [0.3, 0.4) is 0 Å². The summed E-state index contributed by atoms with van der Waals surface area (Å²) in [6.45, 7) is 7.86. The normalized spacial score (nSPS) is 20.7. The number of nitrogens with one attached hydrogen (secondary N) is 3. The van der Waals surface area contributed by atoms with E-state index >= 15 is 0 Å². The van der Waals surface area contributed by atoms with Crippen molar-refractivity contribution in [1.82, 2.24) is 16.0 Å². The zero-order valence-corrected chi connectivity index (χ0v) is 16.6. The van der Waals surface area contributed by atoms with Gasteiger partial charge in [0.1, 0.15) is 0 Å². The Morgan fingerprint density at radius 1 is 1.19 bits per heavy atom. The number of carbonyl (C=O) groups is 1. The maximum atomic E-state index is 12.0. The summed E-state index contributed by atoms with van der Waals surface area (Å²) in [4.78, 5) is 16.3. The van der Waals surface area contributed by atoms with Crippen molar-refractivity contribution in [3.8, 4) is 0 Å². The molecule has 0 bridgehead atoms. The number of hydrogen-bond acceptors (Lipinski definition) is 2. The maximum Gasteiger partial charge on any atom is 0.251 e. The molecule has 1 aromatic rings. The molecule has 0 spiro atoms. The Labute approximate surface area is 158 Å². The van der Waals surface area contributed by atoms with Crippen molar-refractivity contribution in [2.24, 2.45) is 16.8 Å². The molecule has 1 aromatic carbocycles. The van der Waals surface area contributed by atoms with Gasteiger partial charge in [0.2, 0.25) is 0 Å². The predicted octanol–water partition coefficient (Wildman–Crippen LogP) is 3.32. The minimum Gasteiger partial charge on any atom is -0.354 e. The minimum absolute atomic E-state index is 0.0289. The fourth-order valence-corrected chi connectivity index (χ4v) is 3.59. The van der Waals surface area contributed by atoms with Crippen LogP contribution in [0.2, 0.25) is 0 Å². The summed E-state index contributed by atoms with van der Waals surface area (Å²) in [6, 6.07) is 8.22. The summed E-state index contributed by atoms with van der Waals surface area (Å²) < 4.78 is 0. The summed E-state index contributed by atoms with van der Waals surface area (Å²) in [7, 11) is 1.81. The van der Waals surface area contributed by atoms with E-state index in [1.54, 1.807) is 7.05 Å². The largest absolute Gasteiger partial charge is 0.354 e. The molecule has 26 heavy (non-hydrogen) atoms. The fraction of sp³-hybridized carbons (Fsp3) is 0.619. The van der Waals surface area contributed by atoms with Crippen LogP contribution in [0.5, 0.6) is 0 Å². The Bertz CT molecular complexity index is 604. The molecule has 0 atom stereocenters. The van der Waals surface area contributed by atoms with E-state index in [9.17, 15) is 4.79 Å². The van der Waals surface area contributed by atoms with E-state index in [1.807, 2.05) is 31.2 Å². The smallest absolute Gasteiger partial charge is 0.251 e.